The molecule has 0 spiro atoms. The number of aromatic nitrogens is 2. The Morgan fingerprint density at radius 3 is 2.83 bits per heavy atom. The molecule has 4 nitrogen and oxygen atoms in total. The third kappa shape index (κ3) is 4.56. The van der Waals surface area contributed by atoms with Gasteiger partial charge in [0, 0.05) is 5.75 Å². The molecular weight excluding hydrogens is 315 g/mol. The van der Waals surface area contributed by atoms with E-state index in [9.17, 15) is 4.39 Å². The van der Waals surface area contributed by atoms with Crippen LogP contribution in [0, 0.1) is 12.7 Å². The van der Waals surface area contributed by atoms with Gasteiger partial charge in [-0.1, -0.05) is 36.0 Å². The Balaban J connectivity index is 1.53. The van der Waals surface area contributed by atoms with E-state index >= 15 is 0 Å². The zero-order valence-corrected chi connectivity index (χ0v) is 13.3. The highest BCUT2D eigenvalue weighted by atomic mass is 32.2. The van der Waals surface area contributed by atoms with E-state index in [-0.39, 0.29) is 12.4 Å². The number of nitrogens with zero attached hydrogens (tertiary/aromatic N) is 2. The number of rotatable bonds is 6. The van der Waals surface area contributed by atoms with Crippen LogP contribution in [-0.4, -0.2) is 10.2 Å². The van der Waals surface area contributed by atoms with Gasteiger partial charge in [-0.2, -0.15) is 0 Å². The molecule has 0 saturated carbocycles. The Hall–Kier alpha value is -2.34. The lowest BCUT2D eigenvalue weighted by atomic mass is 10.2. The number of hydrogen-bond acceptors (Lipinski definition) is 5. The van der Waals surface area contributed by atoms with Crippen molar-refractivity contribution in [2.24, 2.45) is 0 Å². The summed E-state index contributed by atoms with van der Waals surface area (Å²) in [6, 6.07) is 14.2. The zero-order valence-electron chi connectivity index (χ0n) is 12.5. The second kappa shape index (κ2) is 7.28. The lowest BCUT2D eigenvalue weighted by molar-refractivity contribution is 0.252. The highest BCUT2D eigenvalue weighted by Gasteiger charge is 2.08. The fourth-order valence-electron chi connectivity index (χ4n) is 1.98. The van der Waals surface area contributed by atoms with Crippen LogP contribution in [0.5, 0.6) is 5.75 Å². The number of ether oxygens (including phenoxy) is 1. The molecule has 0 radical (unpaired) electrons. The van der Waals surface area contributed by atoms with Gasteiger partial charge in [0.2, 0.25) is 0 Å². The highest BCUT2D eigenvalue weighted by Crippen LogP contribution is 2.22. The first-order valence-corrected chi connectivity index (χ1v) is 8.07. The summed E-state index contributed by atoms with van der Waals surface area (Å²) in [5.74, 6) is 1.49. The molecule has 118 valence electrons. The van der Waals surface area contributed by atoms with Crippen LogP contribution in [0.3, 0.4) is 0 Å². The minimum absolute atomic E-state index is 0.219. The van der Waals surface area contributed by atoms with Crippen LogP contribution in [-0.2, 0) is 12.4 Å². The van der Waals surface area contributed by atoms with Crippen molar-refractivity contribution in [1.82, 2.24) is 10.2 Å². The molecule has 0 bridgehead atoms. The molecular formula is C17H15FN2O2S. The van der Waals surface area contributed by atoms with Gasteiger partial charge in [0.25, 0.3) is 11.1 Å². The maximum atomic E-state index is 13.1. The number of benzene rings is 2. The number of aryl methyl sites for hydroxylation is 1. The van der Waals surface area contributed by atoms with Gasteiger partial charge in [-0.15, -0.1) is 10.2 Å². The molecule has 0 saturated heterocycles. The molecule has 2 aromatic carbocycles. The molecule has 0 amide bonds. The Morgan fingerprint density at radius 1 is 1.13 bits per heavy atom. The Labute approximate surface area is 137 Å². The van der Waals surface area contributed by atoms with Gasteiger partial charge in [0.05, 0.1) is 0 Å². The predicted octanol–water partition coefficient (Wildman–Crippen LogP) is 4.39. The molecule has 0 aliphatic heterocycles. The zero-order chi connectivity index (χ0) is 16.1. The summed E-state index contributed by atoms with van der Waals surface area (Å²) < 4.78 is 24.2. The van der Waals surface area contributed by atoms with Gasteiger partial charge in [0.15, 0.2) is 6.61 Å². The van der Waals surface area contributed by atoms with Gasteiger partial charge in [-0.25, -0.2) is 4.39 Å². The molecule has 0 atom stereocenters. The van der Waals surface area contributed by atoms with E-state index in [1.54, 1.807) is 6.07 Å². The van der Waals surface area contributed by atoms with Crippen molar-refractivity contribution in [3.63, 3.8) is 0 Å². The van der Waals surface area contributed by atoms with Crippen molar-refractivity contribution in [3.05, 3.63) is 71.4 Å². The fourth-order valence-corrected chi connectivity index (χ4v) is 2.70. The van der Waals surface area contributed by atoms with Crippen molar-refractivity contribution in [3.8, 4) is 5.75 Å². The molecule has 1 heterocycles. The third-order valence-corrected chi connectivity index (χ3v) is 3.94. The Morgan fingerprint density at radius 2 is 2.00 bits per heavy atom. The normalized spacial score (nSPS) is 10.7. The summed E-state index contributed by atoms with van der Waals surface area (Å²) in [5.41, 5.74) is 1.99. The van der Waals surface area contributed by atoms with Crippen molar-refractivity contribution >= 4 is 11.8 Å². The van der Waals surface area contributed by atoms with Crippen molar-refractivity contribution in [2.75, 3.05) is 0 Å². The minimum Gasteiger partial charge on any atom is -0.484 e. The quantitative estimate of drug-likeness (QED) is 0.627. The Bertz CT molecular complexity index is 728. The second-order valence-corrected chi connectivity index (χ2v) is 5.91. The molecule has 3 rings (SSSR count). The lowest BCUT2D eigenvalue weighted by Gasteiger charge is -2.03. The van der Waals surface area contributed by atoms with E-state index in [1.165, 1.54) is 23.9 Å². The summed E-state index contributed by atoms with van der Waals surface area (Å²) in [6.07, 6.45) is 0. The first-order valence-electron chi connectivity index (χ1n) is 7.08. The van der Waals surface area contributed by atoms with Crippen LogP contribution in [0.15, 0.2) is 58.2 Å². The predicted molar refractivity (Wildman–Crippen MR) is 85.8 cm³/mol. The van der Waals surface area contributed by atoms with Crippen LogP contribution in [0.2, 0.25) is 0 Å². The van der Waals surface area contributed by atoms with Gasteiger partial charge in [-0.05, 0) is 42.3 Å². The summed E-state index contributed by atoms with van der Waals surface area (Å²) in [7, 11) is 0. The van der Waals surface area contributed by atoms with E-state index in [0.717, 1.165) is 16.9 Å². The van der Waals surface area contributed by atoms with E-state index in [1.807, 2.05) is 37.3 Å². The average Bonchev–Trinajstić information content (AvgIpc) is 2.99. The largest absolute Gasteiger partial charge is 0.484 e. The summed E-state index contributed by atoms with van der Waals surface area (Å²) in [5, 5.41) is 8.34. The van der Waals surface area contributed by atoms with Crippen LogP contribution in [0.25, 0.3) is 0 Å². The van der Waals surface area contributed by atoms with Gasteiger partial charge >= 0.3 is 0 Å². The maximum absolute atomic E-state index is 13.1. The van der Waals surface area contributed by atoms with E-state index in [0.29, 0.717) is 16.9 Å². The van der Waals surface area contributed by atoms with E-state index < -0.39 is 0 Å². The smallest absolute Gasteiger partial charge is 0.277 e. The molecule has 0 unspecified atom stereocenters. The second-order valence-electron chi connectivity index (χ2n) is 4.99. The Kier molecular flexibility index (Phi) is 4.92. The van der Waals surface area contributed by atoms with Gasteiger partial charge in [-0.3, -0.25) is 0 Å². The maximum Gasteiger partial charge on any atom is 0.277 e. The molecule has 6 heteroatoms. The highest BCUT2D eigenvalue weighted by molar-refractivity contribution is 7.98. The molecule has 0 aliphatic carbocycles. The fraction of sp³-hybridized carbons (Fsp3) is 0.176. The molecule has 1 aromatic heterocycles. The molecule has 0 N–H and O–H groups in total. The van der Waals surface area contributed by atoms with Crippen LogP contribution >= 0.6 is 11.8 Å². The van der Waals surface area contributed by atoms with Crippen molar-refractivity contribution < 1.29 is 13.5 Å². The third-order valence-electron chi connectivity index (χ3n) is 3.05. The first-order chi connectivity index (χ1) is 11.2. The summed E-state index contributed by atoms with van der Waals surface area (Å²) in [6.45, 7) is 2.22. The van der Waals surface area contributed by atoms with Crippen LogP contribution in [0.4, 0.5) is 4.39 Å². The number of thioether (sulfide) groups is 1. The number of halogens is 1. The van der Waals surface area contributed by atoms with Gasteiger partial charge < -0.3 is 9.15 Å². The first kappa shape index (κ1) is 15.6. The molecule has 3 aromatic rings. The molecule has 0 fully saturated rings. The van der Waals surface area contributed by atoms with Gasteiger partial charge in [0.1, 0.15) is 11.6 Å². The van der Waals surface area contributed by atoms with E-state index in [2.05, 4.69) is 10.2 Å². The van der Waals surface area contributed by atoms with Crippen molar-refractivity contribution in [2.45, 2.75) is 24.5 Å². The topological polar surface area (TPSA) is 48.2 Å². The molecule has 23 heavy (non-hydrogen) atoms. The minimum atomic E-state index is -0.249. The average molecular weight is 330 g/mol. The van der Waals surface area contributed by atoms with Crippen LogP contribution in [0.1, 0.15) is 17.0 Å². The monoisotopic (exact) mass is 330 g/mol. The SMILES string of the molecule is Cc1cccc(OCc2nnc(SCc3cccc(F)c3)o2)c1. The summed E-state index contributed by atoms with van der Waals surface area (Å²) >= 11 is 1.36. The standard InChI is InChI=1S/C17H15FN2O2S/c1-12-4-2-7-15(8-12)21-10-16-19-20-17(22-16)23-11-13-5-3-6-14(18)9-13/h2-9H,10-11H2,1H3. The van der Waals surface area contributed by atoms with Crippen LogP contribution < -0.4 is 4.74 Å². The van der Waals surface area contributed by atoms with Crippen molar-refractivity contribution in [1.29, 1.82) is 0 Å². The number of hydrogen-bond donors (Lipinski definition) is 0. The lowest BCUT2D eigenvalue weighted by Crippen LogP contribution is -1.95. The van der Waals surface area contributed by atoms with E-state index in [4.69, 9.17) is 9.15 Å². The molecule has 0 aliphatic rings. The summed E-state index contributed by atoms with van der Waals surface area (Å²) in [4.78, 5) is 0.